The number of aromatic nitrogens is 2. The molecule has 1 amide bonds. The number of hydrogen-bond donors (Lipinski definition) is 1. The maximum absolute atomic E-state index is 11.9. The van der Waals surface area contributed by atoms with Gasteiger partial charge in [0.15, 0.2) is 12.4 Å². The van der Waals surface area contributed by atoms with Crippen LogP contribution < -0.4 is 10.1 Å². The summed E-state index contributed by atoms with van der Waals surface area (Å²) in [6.45, 7) is 1.79. The van der Waals surface area contributed by atoms with Crippen molar-refractivity contribution in [2.24, 2.45) is 0 Å². The second kappa shape index (κ2) is 8.92. The number of rotatable bonds is 9. The van der Waals surface area contributed by atoms with Crippen molar-refractivity contribution in [2.45, 2.75) is 32.6 Å². The zero-order valence-corrected chi connectivity index (χ0v) is 14.0. The number of para-hydroxylation sites is 2. The second-order valence-corrected chi connectivity index (χ2v) is 6.08. The zero-order chi connectivity index (χ0) is 17.4. The molecule has 0 aliphatic rings. The molecule has 1 aromatic carbocycles. The third-order valence-corrected chi connectivity index (χ3v) is 4.03. The highest BCUT2D eigenvalue weighted by Crippen LogP contribution is 2.25. The monoisotopic (exact) mass is 350 g/mol. The molecular formula is C15H18N4O4S. The van der Waals surface area contributed by atoms with E-state index in [4.69, 9.17) is 4.74 Å². The van der Waals surface area contributed by atoms with Gasteiger partial charge in [0.05, 0.1) is 4.92 Å². The summed E-state index contributed by atoms with van der Waals surface area (Å²) in [7, 11) is 0. The number of nitrogens with zero attached hydrogens (tertiary/aromatic N) is 3. The van der Waals surface area contributed by atoms with Crippen molar-refractivity contribution >= 4 is 28.1 Å². The summed E-state index contributed by atoms with van der Waals surface area (Å²) in [6, 6.07) is 5.91. The summed E-state index contributed by atoms with van der Waals surface area (Å²) in [4.78, 5) is 22.2. The summed E-state index contributed by atoms with van der Waals surface area (Å²) in [5, 5.41) is 22.7. The number of carbonyl (C=O) groups is 1. The van der Waals surface area contributed by atoms with Gasteiger partial charge in [0.1, 0.15) is 5.01 Å². The van der Waals surface area contributed by atoms with E-state index in [0.29, 0.717) is 5.13 Å². The maximum Gasteiger partial charge on any atom is 0.310 e. The van der Waals surface area contributed by atoms with Crippen LogP contribution in [0.2, 0.25) is 0 Å². The Balaban J connectivity index is 1.85. The molecule has 2 aromatic rings. The Morgan fingerprint density at radius 1 is 1.33 bits per heavy atom. The summed E-state index contributed by atoms with van der Waals surface area (Å²) in [6.07, 6.45) is 4.14. The van der Waals surface area contributed by atoms with Crippen molar-refractivity contribution < 1.29 is 14.5 Å². The first-order valence-corrected chi connectivity index (χ1v) is 8.40. The lowest BCUT2D eigenvalue weighted by Gasteiger charge is -2.05. The molecule has 24 heavy (non-hydrogen) atoms. The first kappa shape index (κ1) is 17.8. The van der Waals surface area contributed by atoms with Crippen LogP contribution in [0.1, 0.15) is 31.2 Å². The van der Waals surface area contributed by atoms with Gasteiger partial charge in [0, 0.05) is 12.5 Å². The lowest BCUT2D eigenvalue weighted by atomic mass is 10.2. The number of ether oxygens (including phenoxy) is 1. The van der Waals surface area contributed by atoms with Crippen LogP contribution in [0.3, 0.4) is 0 Å². The van der Waals surface area contributed by atoms with Crippen LogP contribution in [-0.2, 0) is 11.2 Å². The fourth-order valence-electron chi connectivity index (χ4n) is 1.96. The van der Waals surface area contributed by atoms with Gasteiger partial charge < -0.3 is 4.74 Å². The lowest BCUT2D eigenvalue weighted by Crippen LogP contribution is -2.20. The average molecular weight is 350 g/mol. The highest BCUT2D eigenvalue weighted by Gasteiger charge is 2.15. The fraction of sp³-hybridized carbons (Fsp3) is 0.400. The summed E-state index contributed by atoms with van der Waals surface area (Å²) in [5.74, 6) is -0.389. The van der Waals surface area contributed by atoms with Crippen molar-refractivity contribution in [3.8, 4) is 5.75 Å². The molecule has 0 atom stereocenters. The highest BCUT2D eigenvalue weighted by atomic mass is 32.1. The SMILES string of the molecule is CCCCCc1nnc(NC(=O)COc2ccccc2[N+](=O)[O-])s1. The van der Waals surface area contributed by atoms with Gasteiger partial charge >= 0.3 is 5.69 Å². The molecule has 0 fully saturated rings. The van der Waals surface area contributed by atoms with Gasteiger partial charge in [0.2, 0.25) is 5.13 Å². The van der Waals surface area contributed by atoms with Gasteiger partial charge in [-0.05, 0) is 12.5 Å². The van der Waals surface area contributed by atoms with Gasteiger partial charge in [-0.25, -0.2) is 0 Å². The third-order valence-electron chi connectivity index (χ3n) is 3.13. The Labute approximate surface area is 143 Å². The van der Waals surface area contributed by atoms with Crippen LogP contribution in [-0.4, -0.2) is 27.6 Å². The predicted molar refractivity (Wildman–Crippen MR) is 90.4 cm³/mol. The van der Waals surface area contributed by atoms with Crippen molar-refractivity contribution in [1.29, 1.82) is 0 Å². The summed E-state index contributed by atoms with van der Waals surface area (Å²) in [5.41, 5.74) is -0.181. The minimum absolute atomic E-state index is 0.0511. The van der Waals surface area contributed by atoms with Crippen LogP contribution in [0, 0.1) is 10.1 Å². The molecular weight excluding hydrogens is 332 g/mol. The first-order valence-electron chi connectivity index (χ1n) is 7.58. The standard InChI is InChI=1S/C15H18N4O4S/c1-2-3-4-9-14-17-18-15(24-14)16-13(20)10-23-12-8-6-5-7-11(12)19(21)22/h5-8H,2-4,9-10H2,1H3,(H,16,18,20). The lowest BCUT2D eigenvalue weighted by molar-refractivity contribution is -0.385. The molecule has 128 valence electrons. The van der Waals surface area contributed by atoms with Crippen LogP contribution in [0.25, 0.3) is 0 Å². The van der Waals surface area contributed by atoms with E-state index < -0.39 is 10.8 Å². The number of aryl methyl sites for hydroxylation is 1. The number of anilines is 1. The van der Waals surface area contributed by atoms with Crippen LogP contribution in [0.15, 0.2) is 24.3 Å². The number of carbonyl (C=O) groups excluding carboxylic acids is 1. The second-order valence-electron chi connectivity index (χ2n) is 5.02. The van der Waals surface area contributed by atoms with Crippen LogP contribution in [0.4, 0.5) is 10.8 Å². The van der Waals surface area contributed by atoms with E-state index in [0.717, 1.165) is 30.7 Å². The Morgan fingerprint density at radius 3 is 2.88 bits per heavy atom. The molecule has 1 N–H and O–H groups in total. The smallest absolute Gasteiger partial charge is 0.310 e. The zero-order valence-electron chi connectivity index (χ0n) is 13.2. The largest absolute Gasteiger partial charge is 0.477 e. The number of unbranched alkanes of at least 4 members (excludes halogenated alkanes) is 2. The maximum atomic E-state index is 11.9. The normalized spacial score (nSPS) is 10.4. The number of benzene rings is 1. The van der Waals surface area contributed by atoms with Gasteiger partial charge in [-0.15, -0.1) is 10.2 Å². The third kappa shape index (κ3) is 5.27. The van der Waals surface area contributed by atoms with Gasteiger partial charge in [-0.1, -0.05) is 43.2 Å². The van der Waals surface area contributed by atoms with Gasteiger partial charge in [-0.2, -0.15) is 0 Å². The highest BCUT2D eigenvalue weighted by molar-refractivity contribution is 7.15. The van der Waals surface area contributed by atoms with Gasteiger partial charge in [0.25, 0.3) is 5.91 Å². The molecule has 2 rings (SSSR count). The van der Waals surface area contributed by atoms with Crippen LogP contribution in [0.5, 0.6) is 5.75 Å². The number of amides is 1. The minimum Gasteiger partial charge on any atom is -0.477 e. The van der Waals surface area contributed by atoms with E-state index in [2.05, 4.69) is 22.4 Å². The first-order chi connectivity index (χ1) is 11.6. The molecule has 0 saturated heterocycles. The molecule has 8 nitrogen and oxygen atoms in total. The molecule has 1 heterocycles. The van der Waals surface area contributed by atoms with Gasteiger partial charge in [-0.3, -0.25) is 20.2 Å². The molecule has 9 heteroatoms. The summed E-state index contributed by atoms with van der Waals surface area (Å²) >= 11 is 1.32. The molecule has 0 aliphatic carbocycles. The van der Waals surface area contributed by atoms with E-state index in [1.165, 1.54) is 29.5 Å². The Kier molecular flexibility index (Phi) is 6.62. The molecule has 1 aromatic heterocycles. The molecule has 0 spiro atoms. The number of nitro benzene ring substituents is 1. The van der Waals surface area contributed by atoms with Crippen molar-refractivity contribution in [3.05, 3.63) is 39.4 Å². The molecule has 0 radical (unpaired) electrons. The minimum atomic E-state index is -0.555. The Morgan fingerprint density at radius 2 is 2.12 bits per heavy atom. The molecule has 0 unspecified atom stereocenters. The van der Waals surface area contributed by atoms with E-state index >= 15 is 0 Å². The number of nitro groups is 1. The fourth-order valence-corrected chi connectivity index (χ4v) is 2.76. The van der Waals surface area contributed by atoms with Crippen molar-refractivity contribution in [2.75, 3.05) is 11.9 Å². The van der Waals surface area contributed by atoms with E-state index in [1.807, 2.05) is 0 Å². The van der Waals surface area contributed by atoms with Crippen LogP contribution >= 0.6 is 11.3 Å². The average Bonchev–Trinajstić information content (AvgIpc) is 3.00. The number of nitrogens with one attached hydrogen (secondary N) is 1. The Hall–Kier alpha value is -2.55. The molecule has 0 saturated carbocycles. The van der Waals surface area contributed by atoms with Crippen molar-refractivity contribution in [1.82, 2.24) is 10.2 Å². The molecule has 0 bridgehead atoms. The Bertz CT molecular complexity index is 704. The molecule has 0 aliphatic heterocycles. The topological polar surface area (TPSA) is 107 Å². The van der Waals surface area contributed by atoms with Crippen molar-refractivity contribution in [3.63, 3.8) is 0 Å². The van der Waals surface area contributed by atoms with E-state index in [1.54, 1.807) is 6.07 Å². The van der Waals surface area contributed by atoms with E-state index in [9.17, 15) is 14.9 Å². The van der Waals surface area contributed by atoms with E-state index in [-0.39, 0.29) is 18.0 Å². The number of hydrogen-bond acceptors (Lipinski definition) is 7. The summed E-state index contributed by atoms with van der Waals surface area (Å²) < 4.78 is 5.22. The predicted octanol–water partition coefficient (Wildman–Crippen LogP) is 3.20. The quantitative estimate of drug-likeness (QED) is 0.423.